The Morgan fingerprint density at radius 3 is 2.89 bits per heavy atom. The van der Waals surface area contributed by atoms with Crippen molar-refractivity contribution in [3.05, 3.63) is 46.4 Å². The van der Waals surface area contributed by atoms with Crippen molar-refractivity contribution in [3.63, 3.8) is 0 Å². The molecule has 2 aromatic rings. The van der Waals surface area contributed by atoms with E-state index in [-0.39, 0.29) is 11.9 Å². The number of thioether (sulfide) groups is 1. The molecule has 2 rings (SSSR count). The van der Waals surface area contributed by atoms with E-state index in [1.54, 1.807) is 18.3 Å². The van der Waals surface area contributed by atoms with Crippen LogP contribution in [0.15, 0.2) is 39.8 Å². The lowest BCUT2D eigenvalue weighted by Gasteiger charge is -2.14. The van der Waals surface area contributed by atoms with Crippen LogP contribution in [0.3, 0.4) is 0 Å². The third kappa shape index (κ3) is 3.38. The molecule has 0 aliphatic heterocycles. The predicted molar refractivity (Wildman–Crippen MR) is 79.7 cm³/mol. The molecular formula is C13H15BrFN3S. The second kappa shape index (κ2) is 6.54. The number of rotatable bonds is 5. The number of aromatic nitrogens is 2. The predicted octanol–water partition coefficient (Wildman–Crippen LogP) is 3.60. The molecule has 19 heavy (non-hydrogen) atoms. The molecule has 6 heteroatoms. The van der Waals surface area contributed by atoms with Crippen molar-refractivity contribution < 1.29 is 4.39 Å². The van der Waals surface area contributed by atoms with Gasteiger partial charge < -0.3 is 5.73 Å². The standard InChI is InChI=1S/C13H15BrFN3S/c1-2-18-13(9(14)7-17-18)11(16)8-19-12-6-4-3-5-10(12)15/h3-7,11H,2,8,16H2,1H3. The Bertz CT molecular complexity index is 559. The largest absolute Gasteiger partial charge is 0.322 e. The lowest BCUT2D eigenvalue weighted by Crippen LogP contribution is -2.18. The van der Waals surface area contributed by atoms with E-state index in [9.17, 15) is 4.39 Å². The first kappa shape index (κ1) is 14.6. The zero-order valence-corrected chi connectivity index (χ0v) is 12.9. The third-order valence-corrected chi connectivity index (χ3v) is 4.52. The number of hydrogen-bond donors (Lipinski definition) is 1. The lowest BCUT2D eigenvalue weighted by atomic mass is 10.2. The Hall–Kier alpha value is -0.850. The summed E-state index contributed by atoms with van der Waals surface area (Å²) in [5, 5.41) is 4.23. The van der Waals surface area contributed by atoms with Crippen molar-refractivity contribution in [2.75, 3.05) is 5.75 Å². The Labute approximate surface area is 124 Å². The average molecular weight is 344 g/mol. The van der Waals surface area contributed by atoms with Crippen LogP contribution in [0.2, 0.25) is 0 Å². The van der Waals surface area contributed by atoms with Gasteiger partial charge in [-0.2, -0.15) is 5.10 Å². The highest BCUT2D eigenvalue weighted by Gasteiger charge is 2.16. The van der Waals surface area contributed by atoms with Crippen LogP contribution in [-0.2, 0) is 6.54 Å². The summed E-state index contributed by atoms with van der Waals surface area (Å²) in [5.41, 5.74) is 7.13. The molecule has 3 nitrogen and oxygen atoms in total. The number of aryl methyl sites for hydroxylation is 1. The third-order valence-electron chi connectivity index (χ3n) is 2.74. The molecule has 1 atom stereocenters. The van der Waals surface area contributed by atoms with Crippen LogP contribution in [0, 0.1) is 5.82 Å². The maximum absolute atomic E-state index is 13.5. The molecule has 1 unspecified atom stereocenters. The first-order valence-corrected chi connectivity index (χ1v) is 7.75. The van der Waals surface area contributed by atoms with Crippen molar-refractivity contribution in [1.82, 2.24) is 9.78 Å². The monoisotopic (exact) mass is 343 g/mol. The molecule has 0 aliphatic carbocycles. The van der Waals surface area contributed by atoms with Gasteiger partial charge in [-0.05, 0) is 35.0 Å². The minimum Gasteiger partial charge on any atom is -0.322 e. The van der Waals surface area contributed by atoms with E-state index < -0.39 is 0 Å². The van der Waals surface area contributed by atoms with Crippen LogP contribution in [0.25, 0.3) is 0 Å². The normalized spacial score (nSPS) is 12.6. The molecule has 0 spiro atoms. The minimum atomic E-state index is -0.206. The lowest BCUT2D eigenvalue weighted by molar-refractivity contribution is 0.589. The summed E-state index contributed by atoms with van der Waals surface area (Å²) >= 11 is 4.87. The molecule has 0 fully saturated rings. The molecule has 102 valence electrons. The highest BCUT2D eigenvalue weighted by molar-refractivity contribution is 9.10. The smallest absolute Gasteiger partial charge is 0.136 e. The maximum Gasteiger partial charge on any atom is 0.136 e. The van der Waals surface area contributed by atoms with Gasteiger partial charge in [0.15, 0.2) is 0 Å². The van der Waals surface area contributed by atoms with Crippen molar-refractivity contribution in [2.45, 2.75) is 24.4 Å². The van der Waals surface area contributed by atoms with Crippen LogP contribution in [0.4, 0.5) is 4.39 Å². The summed E-state index contributed by atoms with van der Waals surface area (Å²) in [6.45, 7) is 2.78. The van der Waals surface area contributed by atoms with E-state index >= 15 is 0 Å². The van der Waals surface area contributed by atoms with E-state index in [2.05, 4.69) is 21.0 Å². The van der Waals surface area contributed by atoms with Gasteiger partial charge >= 0.3 is 0 Å². The molecule has 0 amide bonds. The number of nitrogens with two attached hydrogens (primary N) is 1. The van der Waals surface area contributed by atoms with Gasteiger partial charge in [0.05, 0.1) is 22.4 Å². The number of halogens is 2. The van der Waals surface area contributed by atoms with Gasteiger partial charge in [-0.3, -0.25) is 4.68 Å². The molecule has 0 aliphatic rings. The first-order valence-electron chi connectivity index (χ1n) is 5.97. The quantitative estimate of drug-likeness (QED) is 0.843. The number of hydrogen-bond acceptors (Lipinski definition) is 3. The van der Waals surface area contributed by atoms with Gasteiger partial charge in [-0.25, -0.2) is 4.39 Å². The van der Waals surface area contributed by atoms with Crippen LogP contribution < -0.4 is 5.73 Å². The molecule has 0 saturated carbocycles. The van der Waals surface area contributed by atoms with E-state index in [0.29, 0.717) is 10.6 Å². The van der Waals surface area contributed by atoms with Crippen LogP contribution >= 0.6 is 27.7 Å². The zero-order chi connectivity index (χ0) is 13.8. The van der Waals surface area contributed by atoms with Gasteiger partial charge in [0.25, 0.3) is 0 Å². The first-order chi connectivity index (χ1) is 9.13. The van der Waals surface area contributed by atoms with E-state index in [4.69, 9.17) is 5.73 Å². The van der Waals surface area contributed by atoms with E-state index in [1.807, 2.05) is 17.7 Å². The number of benzene rings is 1. The van der Waals surface area contributed by atoms with Crippen molar-refractivity contribution in [1.29, 1.82) is 0 Å². The topological polar surface area (TPSA) is 43.8 Å². The van der Waals surface area contributed by atoms with Gasteiger partial charge in [0, 0.05) is 17.2 Å². The molecule has 0 bridgehead atoms. The van der Waals surface area contributed by atoms with Gasteiger partial charge in [-0.1, -0.05) is 12.1 Å². The minimum absolute atomic E-state index is 0.193. The number of nitrogens with zero attached hydrogens (tertiary/aromatic N) is 2. The summed E-state index contributed by atoms with van der Waals surface area (Å²) in [4.78, 5) is 0.622. The summed E-state index contributed by atoms with van der Waals surface area (Å²) in [6.07, 6.45) is 1.74. The van der Waals surface area contributed by atoms with Gasteiger partial charge in [0.1, 0.15) is 5.82 Å². The highest BCUT2D eigenvalue weighted by Crippen LogP contribution is 2.28. The average Bonchev–Trinajstić information content (AvgIpc) is 2.78. The van der Waals surface area contributed by atoms with E-state index in [0.717, 1.165) is 16.7 Å². The SMILES string of the molecule is CCn1ncc(Br)c1C(N)CSc1ccccc1F. The molecule has 2 N–H and O–H groups in total. The summed E-state index contributed by atoms with van der Waals surface area (Å²) < 4.78 is 16.3. The van der Waals surface area contributed by atoms with Crippen molar-refractivity contribution in [2.24, 2.45) is 5.73 Å². The van der Waals surface area contributed by atoms with Gasteiger partial charge in [-0.15, -0.1) is 11.8 Å². The molecule has 1 aromatic heterocycles. The second-order valence-electron chi connectivity index (χ2n) is 4.04. The van der Waals surface area contributed by atoms with Crippen LogP contribution in [-0.4, -0.2) is 15.5 Å². The molecule has 0 saturated heterocycles. The van der Waals surface area contributed by atoms with Crippen LogP contribution in [0.5, 0.6) is 0 Å². The molecule has 1 aromatic carbocycles. The van der Waals surface area contributed by atoms with Crippen molar-refractivity contribution >= 4 is 27.7 Å². The Kier molecular flexibility index (Phi) is 5.01. The highest BCUT2D eigenvalue weighted by atomic mass is 79.9. The Balaban J connectivity index is 2.07. The summed E-state index contributed by atoms with van der Waals surface area (Å²) in [7, 11) is 0. The Morgan fingerprint density at radius 2 is 2.21 bits per heavy atom. The maximum atomic E-state index is 13.5. The second-order valence-corrected chi connectivity index (χ2v) is 5.96. The fourth-order valence-electron chi connectivity index (χ4n) is 1.81. The summed E-state index contributed by atoms with van der Waals surface area (Å²) in [5.74, 6) is 0.397. The van der Waals surface area contributed by atoms with Crippen LogP contribution in [0.1, 0.15) is 18.7 Å². The fraction of sp³-hybridized carbons (Fsp3) is 0.308. The fourth-order valence-corrected chi connectivity index (χ4v) is 3.30. The van der Waals surface area contributed by atoms with Crippen molar-refractivity contribution in [3.8, 4) is 0 Å². The van der Waals surface area contributed by atoms with E-state index in [1.165, 1.54) is 17.8 Å². The Morgan fingerprint density at radius 1 is 1.47 bits per heavy atom. The molecule has 0 radical (unpaired) electrons. The van der Waals surface area contributed by atoms with Gasteiger partial charge in [0.2, 0.25) is 0 Å². The molecular weight excluding hydrogens is 329 g/mol. The molecule has 1 heterocycles. The zero-order valence-electron chi connectivity index (χ0n) is 10.5. The summed E-state index contributed by atoms with van der Waals surface area (Å²) in [6, 6.07) is 6.53.